The van der Waals surface area contributed by atoms with Crippen LogP contribution in [0.15, 0.2) is 42.5 Å². The molecule has 3 saturated heterocycles. The number of carbonyl (C=O) groups excluding carboxylic acids is 1. The molecule has 3 aliphatic rings. The lowest BCUT2D eigenvalue weighted by Crippen LogP contribution is -3.00. The van der Waals surface area contributed by atoms with Crippen molar-refractivity contribution < 1.29 is 26.3 Å². The molecule has 0 N–H and O–H groups in total. The van der Waals surface area contributed by atoms with Crippen LogP contribution in [0.3, 0.4) is 0 Å². The standard InChI is InChI=1S/C18H21N2O.BrH/c21-18(14-20-11-8-19(9-12-20)10-13-20)17-7-3-5-15-4-1-2-6-16(15)17;/h1-7H,8-14H2;1H/q+1;/p-1. The Morgan fingerprint density at radius 1 is 0.955 bits per heavy atom. The molecule has 0 amide bonds. The van der Waals surface area contributed by atoms with Crippen LogP contribution in [0.2, 0.25) is 0 Å². The Bertz CT molecular complexity index is 673. The van der Waals surface area contributed by atoms with Crippen molar-refractivity contribution in [1.29, 1.82) is 0 Å². The summed E-state index contributed by atoms with van der Waals surface area (Å²) < 4.78 is 0.999. The number of piperazine rings is 3. The van der Waals surface area contributed by atoms with Crippen LogP contribution in [-0.2, 0) is 0 Å². The molecule has 3 fully saturated rings. The third-order valence-corrected chi connectivity index (χ3v) is 5.24. The molecular formula is C18H21BrN2O. The van der Waals surface area contributed by atoms with E-state index in [0.29, 0.717) is 12.3 Å². The van der Waals surface area contributed by atoms with Crippen molar-refractivity contribution in [3.63, 3.8) is 0 Å². The van der Waals surface area contributed by atoms with Crippen LogP contribution in [-0.4, -0.2) is 61.0 Å². The molecule has 3 nitrogen and oxygen atoms in total. The number of fused-ring (bicyclic) bond motifs is 4. The maximum absolute atomic E-state index is 12.9. The molecule has 2 bridgehead atoms. The Labute approximate surface area is 141 Å². The lowest BCUT2D eigenvalue weighted by atomic mass is 9.99. The van der Waals surface area contributed by atoms with Gasteiger partial charge in [0.05, 0.1) is 19.6 Å². The second-order valence-corrected chi connectivity index (χ2v) is 6.46. The van der Waals surface area contributed by atoms with E-state index in [1.54, 1.807) is 0 Å². The van der Waals surface area contributed by atoms with Gasteiger partial charge in [-0.1, -0.05) is 42.5 Å². The number of rotatable bonds is 3. The van der Waals surface area contributed by atoms with Crippen LogP contribution in [0.1, 0.15) is 10.4 Å². The van der Waals surface area contributed by atoms with Crippen molar-refractivity contribution in [2.75, 3.05) is 45.8 Å². The highest BCUT2D eigenvalue weighted by Gasteiger charge is 2.40. The number of hydrogen-bond donors (Lipinski definition) is 0. The van der Waals surface area contributed by atoms with Gasteiger partial charge in [-0.15, -0.1) is 0 Å². The minimum atomic E-state index is 0. The van der Waals surface area contributed by atoms with Crippen molar-refractivity contribution >= 4 is 16.6 Å². The van der Waals surface area contributed by atoms with E-state index in [2.05, 4.69) is 23.1 Å². The molecule has 3 heterocycles. The average molecular weight is 361 g/mol. The van der Waals surface area contributed by atoms with E-state index >= 15 is 0 Å². The summed E-state index contributed by atoms with van der Waals surface area (Å²) in [5.41, 5.74) is 0.897. The monoisotopic (exact) mass is 360 g/mol. The van der Waals surface area contributed by atoms with Crippen LogP contribution < -0.4 is 17.0 Å². The van der Waals surface area contributed by atoms with Gasteiger partial charge in [-0.25, -0.2) is 0 Å². The molecule has 0 saturated carbocycles. The summed E-state index contributed by atoms with van der Waals surface area (Å²) in [7, 11) is 0. The highest BCUT2D eigenvalue weighted by atomic mass is 79.9. The van der Waals surface area contributed by atoms with E-state index in [-0.39, 0.29) is 17.0 Å². The number of nitrogens with zero attached hydrogens (tertiary/aromatic N) is 2. The molecule has 0 aromatic heterocycles. The second-order valence-electron chi connectivity index (χ2n) is 6.46. The average Bonchev–Trinajstić information content (AvgIpc) is 2.55. The maximum atomic E-state index is 12.9. The predicted molar refractivity (Wildman–Crippen MR) is 84.4 cm³/mol. The van der Waals surface area contributed by atoms with Gasteiger partial charge in [-0.3, -0.25) is 9.69 Å². The highest BCUT2D eigenvalue weighted by molar-refractivity contribution is 6.08. The maximum Gasteiger partial charge on any atom is 0.217 e. The summed E-state index contributed by atoms with van der Waals surface area (Å²) in [6, 6.07) is 14.3. The summed E-state index contributed by atoms with van der Waals surface area (Å²) in [5, 5.41) is 2.26. The van der Waals surface area contributed by atoms with E-state index in [1.807, 2.05) is 24.3 Å². The van der Waals surface area contributed by atoms with Crippen molar-refractivity contribution in [1.82, 2.24) is 4.90 Å². The van der Waals surface area contributed by atoms with E-state index in [9.17, 15) is 4.79 Å². The molecule has 0 radical (unpaired) electrons. The van der Waals surface area contributed by atoms with Crippen LogP contribution in [0.4, 0.5) is 0 Å². The van der Waals surface area contributed by atoms with Crippen LogP contribution in [0, 0.1) is 0 Å². The lowest BCUT2D eigenvalue weighted by molar-refractivity contribution is -0.933. The summed E-state index contributed by atoms with van der Waals surface area (Å²) in [4.78, 5) is 15.4. The van der Waals surface area contributed by atoms with Gasteiger partial charge in [0.25, 0.3) is 0 Å². The van der Waals surface area contributed by atoms with E-state index in [4.69, 9.17) is 0 Å². The molecule has 0 unspecified atom stereocenters. The second kappa shape index (κ2) is 6.11. The number of carbonyl (C=O) groups is 1. The molecule has 0 aliphatic carbocycles. The summed E-state index contributed by atoms with van der Waals surface area (Å²) in [5.74, 6) is 0.308. The zero-order valence-corrected chi connectivity index (χ0v) is 14.3. The van der Waals surface area contributed by atoms with Gasteiger partial charge in [0, 0.05) is 25.2 Å². The molecule has 2 aromatic carbocycles. The SMILES string of the molecule is O=C(C[N+]12CCN(CC1)CC2)c1cccc2ccccc12.[Br-]. The third kappa shape index (κ3) is 2.71. The van der Waals surface area contributed by atoms with Gasteiger partial charge in [0.1, 0.15) is 6.54 Å². The quantitative estimate of drug-likeness (QED) is 0.526. The molecule has 2 aromatic rings. The minimum absolute atomic E-state index is 0. The first-order chi connectivity index (χ1) is 10.3. The minimum Gasteiger partial charge on any atom is -1.00 e. The predicted octanol–water partition coefficient (Wildman–Crippen LogP) is -0.827. The number of ketones is 1. The molecule has 4 heteroatoms. The van der Waals surface area contributed by atoms with Crippen LogP contribution in [0.25, 0.3) is 10.8 Å². The first kappa shape index (κ1) is 15.7. The van der Waals surface area contributed by atoms with Crippen molar-refractivity contribution in [2.45, 2.75) is 0 Å². The van der Waals surface area contributed by atoms with Crippen molar-refractivity contribution in [3.05, 3.63) is 48.0 Å². The number of hydrogen-bond acceptors (Lipinski definition) is 2. The topological polar surface area (TPSA) is 20.3 Å². The molecule has 3 aliphatic heterocycles. The van der Waals surface area contributed by atoms with Gasteiger partial charge < -0.3 is 21.5 Å². The number of benzene rings is 2. The van der Waals surface area contributed by atoms with E-state index in [1.165, 1.54) is 0 Å². The fourth-order valence-corrected chi connectivity index (χ4v) is 3.83. The normalized spacial score (nSPS) is 26.6. The van der Waals surface area contributed by atoms with E-state index in [0.717, 1.165) is 60.1 Å². The van der Waals surface area contributed by atoms with Gasteiger partial charge in [0.15, 0.2) is 0 Å². The van der Waals surface area contributed by atoms with E-state index < -0.39 is 0 Å². The molecule has 0 spiro atoms. The Hall–Kier alpha value is -1.23. The fraction of sp³-hybridized carbons (Fsp3) is 0.389. The Kier molecular flexibility index (Phi) is 4.35. The van der Waals surface area contributed by atoms with Crippen LogP contribution in [0.5, 0.6) is 0 Å². The van der Waals surface area contributed by atoms with Gasteiger partial charge in [-0.2, -0.15) is 0 Å². The first-order valence-corrected chi connectivity index (χ1v) is 7.84. The van der Waals surface area contributed by atoms with Crippen molar-refractivity contribution in [3.8, 4) is 0 Å². The van der Waals surface area contributed by atoms with Gasteiger partial charge in [0.2, 0.25) is 5.78 Å². The van der Waals surface area contributed by atoms with Crippen molar-refractivity contribution in [2.24, 2.45) is 0 Å². The Morgan fingerprint density at radius 3 is 2.32 bits per heavy atom. The summed E-state index contributed by atoms with van der Waals surface area (Å²) in [6.45, 7) is 7.54. The zero-order valence-electron chi connectivity index (χ0n) is 12.7. The molecule has 5 rings (SSSR count). The highest BCUT2D eigenvalue weighted by Crippen LogP contribution is 2.23. The summed E-state index contributed by atoms with van der Waals surface area (Å²) in [6.07, 6.45) is 0. The molecular weight excluding hydrogens is 340 g/mol. The number of halogens is 1. The fourth-order valence-electron chi connectivity index (χ4n) is 3.83. The summed E-state index contributed by atoms with van der Waals surface area (Å²) >= 11 is 0. The lowest BCUT2D eigenvalue weighted by Gasteiger charge is -2.50. The zero-order chi connectivity index (χ0) is 14.3. The third-order valence-electron chi connectivity index (χ3n) is 5.24. The Balaban J connectivity index is 0.00000144. The Morgan fingerprint density at radius 2 is 1.59 bits per heavy atom. The molecule has 0 atom stereocenters. The van der Waals surface area contributed by atoms with Gasteiger partial charge in [-0.05, 0) is 10.8 Å². The number of Topliss-reactive ketones (excluding diaryl/α,β-unsaturated/α-hetero) is 1. The molecule has 22 heavy (non-hydrogen) atoms. The smallest absolute Gasteiger partial charge is 0.217 e. The number of quaternary nitrogens is 1. The van der Waals surface area contributed by atoms with Crippen LogP contribution >= 0.6 is 0 Å². The largest absolute Gasteiger partial charge is 1.00 e. The van der Waals surface area contributed by atoms with Gasteiger partial charge >= 0.3 is 0 Å². The first-order valence-electron chi connectivity index (χ1n) is 7.84. The molecule has 116 valence electrons.